The first-order valence-electron chi connectivity index (χ1n) is 7.41. The number of thiazole rings is 1. The van der Waals surface area contributed by atoms with Crippen LogP contribution in [0, 0.1) is 6.92 Å². The number of hydrogen-bond acceptors (Lipinski definition) is 9. The fraction of sp³-hybridized carbons (Fsp3) is 0.267. The van der Waals surface area contributed by atoms with Gasteiger partial charge in [0.15, 0.2) is 21.9 Å². The summed E-state index contributed by atoms with van der Waals surface area (Å²) in [5, 5.41) is 11.7. The highest BCUT2D eigenvalue weighted by Crippen LogP contribution is 2.25. The number of furan rings is 1. The Labute approximate surface area is 156 Å². The van der Waals surface area contributed by atoms with Gasteiger partial charge in [-0.3, -0.25) is 4.79 Å². The molecule has 0 saturated heterocycles. The molecular formula is C15H15N5O4S2. The SMILES string of the molecule is COC(=O)c1sc(NC(=O)CSc2nnc(-c3ccco3)n2C)nc1C. The van der Waals surface area contributed by atoms with E-state index in [0.717, 1.165) is 11.3 Å². The van der Waals surface area contributed by atoms with Crippen molar-refractivity contribution in [2.24, 2.45) is 7.05 Å². The van der Waals surface area contributed by atoms with E-state index in [1.165, 1.54) is 18.9 Å². The molecule has 0 aliphatic rings. The fourth-order valence-electron chi connectivity index (χ4n) is 2.08. The van der Waals surface area contributed by atoms with E-state index >= 15 is 0 Å². The molecule has 1 N–H and O–H groups in total. The largest absolute Gasteiger partial charge is 0.465 e. The van der Waals surface area contributed by atoms with Gasteiger partial charge in [-0.1, -0.05) is 23.1 Å². The van der Waals surface area contributed by atoms with E-state index in [-0.39, 0.29) is 11.7 Å². The molecule has 3 heterocycles. The lowest BCUT2D eigenvalue weighted by Gasteiger charge is -2.02. The molecule has 0 radical (unpaired) electrons. The van der Waals surface area contributed by atoms with Gasteiger partial charge in [0.2, 0.25) is 5.91 Å². The molecule has 26 heavy (non-hydrogen) atoms. The van der Waals surface area contributed by atoms with Crippen LogP contribution in [0.3, 0.4) is 0 Å². The second kappa shape index (κ2) is 7.70. The van der Waals surface area contributed by atoms with Crippen molar-refractivity contribution >= 4 is 40.1 Å². The third kappa shape index (κ3) is 3.78. The van der Waals surface area contributed by atoms with Gasteiger partial charge in [-0.2, -0.15) is 0 Å². The number of methoxy groups -OCH3 is 1. The van der Waals surface area contributed by atoms with Gasteiger partial charge in [-0.05, 0) is 19.1 Å². The van der Waals surface area contributed by atoms with Crippen LogP contribution in [0.5, 0.6) is 0 Å². The van der Waals surface area contributed by atoms with Crippen LogP contribution < -0.4 is 5.32 Å². The molecule has 136 valence electrons. The maximum Gasteiger partial charge on any atom is 0.350 e. The summed E-state index contributed by atoms with van der Waals surface area (Å²) in [6, 6.07) is 3.55. The van der Waals surface area contributed by atoms with Crippen molar-refractivity contribution in [2.75, 3.05) is 18.2 Å². The number of carbonyl (C=O) groups excluding carboxylic acids is 2. The van der Waals surface area contributed by atoms with Crippen LogP contribution in [0.15, 0.2) is 28.0 Å². The predicted octanol–water partition coefficient (Wildman–Crippen LogP) is 2.36. The monoisotopic (exact) mass is 393 g/mol. The summed E-state index contributed by atoms with van der Waals surface area (Å²) in [5.74, 6) is 0.569. The third-order valence-corrected chi connectivity index (χ3v) is 5.40. The fourth-order valence-corrected chi connectivity index (χ4v) is 3.69. The number of aryl methyl sites for hydroxylation is 1. The van der Waals surface area contributed by atoms with E-state index in [1.54, 1.807) is 36.9 Å². The lowest BCUT2D eigenvalue weighted by atomic mass is 10.4. The van der Waals surface area contributed by atoms with Crippen molar-refractivity contribution in [1.29, 1.82) is 0 Å². The summed E-state index contributed by atoms with van der Waals surface area (Å²) in [5.41, 5.74) is 0.515. The third-order valence-electron chi connectivity index (χ3n) is 3.32. The van der Waals surface area contributed by atoms with Gasteiger partial charge in [0, 0.05) is 7.05 Å². The molecular weight excluding hydrogens is 378 g/mol. The Bertz CT molecular complexity index is 932. The van der Waals surface area contributed by atoms with Crippen LogP contribution in [0.25, 0.3) is 11.6 Å². The quantitative estimate of drug-likeness (QED) is 0.502. The molecule has 0 saturated carbocycles. The van der Waals surface area contributed by atoms with Gasteiger partial charge in [0.25, 0.3) is 0 Å². The Kier molecular flexibility index (Phi) is 5.38. The summed E-state index contributed by atoms with van der Waals surface area (Å²) in [6.07, 6.45) is 1.56. The molecule has 0 atom stereocenters. The molecule has 3 aromatic rings. The van der Waals surface area contributed by atoms with E-state index in [9.17, 15) is 9.59 Å². The van der Waals surface area contributed by atoms with Gasteiger partial charge in [-0.15, -0.1) is 10.2 Å². The van der Waals surface area contributed by atoms with Gasteiger partial charge >= 0.3 is 5.97 Å². The van der Waals surface area contributed by atoms with Gasteiger partial charge in [0.05, 0.1) is 24.8 Å². The first-order valence-corrected chi connectivity index (χ1v) is 9.21. The number of rotatable bonds is 6. The van der Waals surface area contributed by atoms with E-state index in [0.29, 0.717) is 32.4 Å². The lowest BCUT2D eigenvalue weighted by Crippen LogP contribution is -2.14. The van der Waals surface area contributed by atoms with Gasteiger partial charge in [-0.25, -0.2) is 9.78 Å². The van der Waals surface area contributed by atoms with Crippen LogP contribution in [0.4, 0.5) is 5.13 Å². The zero-order valence-electron chi connectivity index (χ0n) is 14.2. The number of aromatic nitrogens is 4. The normalized spacial score (nSPS) is 10.7. The molecule has 9 nitrogen and oxygen atoms in total. The van der Waals surface area contributed by atoms with Crippen molar-refractivity contribution < 1.29 is 18.7 Å². The van der Waals surface area contributed by atoms with Gasteiger partial charge < -0.3 is 19.0 Å². The number of amides is 1. The van der Waals surface area contributed by atoms with Crippen LogP contribution in [0.1, 0.15) is 15.4 Å². The van der Waals surface area contributed by atoms with E-state index in [4.69, 9.17) is 4.42 Å². The average Bonchev–Trinajstić information content (AvgIpc) is 3.33. The molecule has 3 aromatic heterocycles. The summed E-state index contributed by atoms with van der Waals surface area (Å²) in [4.78, 5) is 28.3. The van der Waals surface area contributed by atoms with E-state index < -0.39 is 5.97 Å². The second-order valence-electron chi connectivity index (χ2n) is 5.10. The van der Waals surface area contributed by atoms with Crippen molar-refractivity contribution in [2.45, 2.75) is 12.1 Å². The minimum absolute atomic E-state index is 0.121. The highest BCUT2D eigenvalue weighted by Gasteiger charge is 2.18. The minimum atomic E-state index is -0.473. The highest BCUT2D eigenvalue weighted by molar-refractivity contribution is 7.99. The van der Waals surface area contributed by atoms with Gasteiger partial charge in [0.1, 0.15) is 4.88 Å². The molecule has 0 fully saturated rings. The zero-order valence-corrected chi connectivity index (χ0v) is 15.8. The number of ether oxygens (including phenoxy) is 1. The molecule has 11 heteroatoms. The van der Waals surface area contributed by atoms with Crippen LogP contribution in [-0.4, -0.2) is 44.5 Å². The van der Waals surface area contributed by atoms with Crippen LogP contribution in [0.2, 0.25) is 0 Å². The molecule has 0 bridgehead atoms. The molecule has 0 aliphatic carbocycles. The smallest absolute Gasteiger partial charge is 0.350 e. The van der Waals surface area contributed by atoms with Crippen molar-refractivity contribution in [3.63, 3.8) is 0 Å². The number of esters is 1. The van der Waals surface area contributed by atoms with Crippen molar-refractivity contribution in [3.05, 3.63) is 29.0 Å². The molecule has 0 aliphatic heterocycles. The maximum absolute atomic E-state index is 12.1. The standard InChI is InChI=1S/C15H15N5O4S2/c1-8-11(13(22)23-3)26-14(16-8)17-10(21)7-25-15-19-18-12(20(15)2)9-5-4-6-24-9/h4-6H,7H2,1-3H3,(H,16,17,21). The summed E-state index contributed by atoms with van der Waals surface area (Å²) < 4.78 is 11.7. The number of carbonyl (C=O) groups is 2. The number of hydrogen-bond donors (Lipinski definition) is 1. The van der Waals surface area contributed by atoms with Crippen molar-refractivity contribution in [3.8, 4) is 11.6 Å². The Morgan fingerprint density at radius 1 is 1.42 bits per heavy atom. The second-order valence-corrected chi connectivity index (χ2v) is 7.05. The van der Waals surface area contributed by atoms with Crippen molar-refractivity contribution in [1.82, 2.24) is 19.7 Å². The molecule has 1 amide bonds. The predicted molar refractivity (Wildman–Crippen MR) is 96.2 cm³/mol. The topological polar surface area (TPSA) is 112 Å². The summed E-state index contributed by atoms with van der Waals surface area (Å²) in [6.45, 7) is 1.68. The summed E-state index contributed by atoms with van der Waals surface area (Å²) >= 11 is 2.31. The van der Waals surface area contributed by atoms with Crippen LogP contribution in [-0.2, 0) is 16.6 Å². The molecule has 3 rings (SSSR count). The molecule has 0 spiro atoms. The van der Waals surface area contributed by atoms with Crippen LogP contribution >= 0.6 is 23.1 Å². The lowest BCUT2D eigenvalue weighted by molar-refractivity contribution is -0.113. The number of anilines is 1. The molecule has 0 aromatic carbocycles. The maximum atomic E-state index is 12.1. The Morgan fingerprint density at radius 3 is 2.92 bits per heavy atom. The minimum Gasteiger partial charge on any atom is -0.465 e. The summed E-state index contributed by atoms with van der Waals surface area (Å²) in [7, 11) is 3.10. The molecule has 0 unspecified atom stereocenters. The number of nitrogens with one attached hydrogen (secondary N) is 1. The Morgan fingerprint density at radius 2 is 2.23 bits per heavy atom. The Hall–Kier alpha value is -2.66. The first kappa shape index (κ1) is 18.1. The average molecular weight is 393 g/mol. The zero-order chi connectivity index (χ0) is 18.7. The number of nitrogens with zero attached hydrogens (tertiary/aromatic N) is 4. The first-order chi connectivity index (χ1) is 12.5. The Balaban J connectivity index is 1.61. The van der Waals surface area contributed by atoms with E-state index in [2.05, 4.69) is 25.2 Å². The highest BCUT2D eigenvalue weighted by atomic mass is 32.2. The van der Waals surface area contributed by atoms with E-state index in [1.807, 2.05) is 0 Å². The number of thioether (sulfide) groups is 1.